The van der Waals surface area contributed by atoms with E-state index < -0.39 is 0 Å². The lowest BCUT2D eigenvalue weighted by atomic mass is 10.2. The molecule has 0 unspecified atom stereocenters. The van der Waals surface area contributed by atoms with Crippen molar-refractivity contribution in [3.05, 3.63) is 28.2 Å². The first-order valence-corrected chi connectivity index (χ1v) is 8.41. The van der Waals surface area contributed by atoms with Gasteiger partial charge in [-0.05, 0) is 35.8 Å². The molecule has 0 aromatic heterocycles. The van der Waals surface area contributed by atoms with Crippen LogP contribution in [0.4, 0.5) is 0 Å². The Morgan fingerprint density at radius 2 is 1.94 bits per heavy atom. The van der Waals surface area contributed by atoms with Gasteiger partial charge in [-0.25, -0.2) is 0 Å². The molecule has 102 valence electrons. The summed E-state index contributed by atoms with van der Waals surface area (Å²) >= 11 is 5.61. The van der Waals surface area contributed by atoms with Gasteiger partial charge in [0.15, 0.2) is 0 Å². The Bertz CT molecular complexity index is 364. The molecule has 0 fully saturated rings. The zero-order valence-electron chi connectivity index (χ0n) is 11.8. The highest BCUT2D eigenvalue weighted by Crippen LogP contribution is 2.26. The summed E-state index contributed by atoms with van der Waals surface area (Å²) in [5.41, 5.74) is 1.33. The maximum Gasteiger partial charge on any atom is 0.0231 e. The molecule has 0 atom stereocenters. The third-order valence-electron chi connectivity index (χ3n) is 2.69. The highest BCUT2D eigenvalue weighted by Gasteiger charge is 2.03. The van der Waals surface area contributed by atoms with E-state index in [-0.39, 0.29) is 0 Å². The fraction of sp³-hybridized carbons (Fsp3) is 0.600. The molecule has 0 spiro atoms. The summed E-state index contributed by atoms with van der Waals surface area (Å²) in [6.45, 7) is 9.82. The van der Waals surface area contributed by atoms with Gasteiger partial charge in [0.05, 0.1) is 0 Å². The second-order valence-electron chi connectivity index (χ2n) is 5.32. The summed E-state index contributed by atoms with van der Waals surface area (Å²) in [5, 5.41) is 3.44. The van der Waals surface area contributed by atoms with Gasteiger partial charge in [-0.3, -0.25) is 0 Å². The maximum absolute atomic E-state index is 3.66. The van der Waals surface area contributed by atoms with Crippen molar-refractivity contribution in [1.82, 2.24) is 5.32 Å². The summed E-state index contributed by atoms with van der Waals surface area (Å²) < 4.78 is 1.21. The number of nitrogens with one attached hydrogen (secondary N) is 1. The minimum absolute atomic E-state index is 0.525. The fourth-order valence-electron chi connectivity index (χ4n) is 1.49. The summed E-state index contributed by atoms with van der Waals surface area (Å²) in [5.74, 6) is 1.99. The lowest BCUT2D eigenvalue weighted by Gasteiger charge is -2.11. The van der Waals surface area contributed by atoms with Crippen LogP contribution in [0.2, 0.25) is 0 Å². The largest absolute Gasteiger partial charge is 0.310 e. The second-order valence-corrected chi connectivity index (χ2v) is 7.34. The highest BCUT2D eigenvalue weighted by atomic mass is 79.9. The average Bonchev–Trinajstić information content (AvgIpc) is 2.27. The fourth-order valence-corrected chi connectivity index (χ4v) is 3.35. The van der Waals surface area contributed by atoms with Crippen LogP contribution in [0.15, 0.2) is 27.6 Å². The standard InChI is InChI=1S/C15H24BrNS/c1-11(2)7-8-18-14-6-5-13(15(16)9-14)10-17-12(3)4/h5-6,9,11-12,17H,7-8,10H2,1-4H3. The van der Waals surface area contributed by atoms with E-state index in [9.17, 15) is 0 Å². The minimum atomic E-state index is 0.525. The van der Waals surface area contributed by atoms with Gasteiger partial charge in [0.1, 0.15) is 0 Å². The summed E-state index contributed by atoms with van der Waals surface area (Å²) in [6.07, 6.45) is 1.28. The van der Waals surface area contributed by atoms with E-state index in [4.69, 9.17) is 0 Å². The Balaban J connectivity index is 2.51. The van der Waals surface area contributed by atoms with Gasteiger partial charge >= 0.3 is 0 Å². The molecule has 1 nitrogen and oxygen atoms in total. The Morgan fingerprint density at radius 3 is 2.50 bits per heavy atom. The molecule has 0 aliphatic carbocycles. The van der Waals surface area contributed by atoms with Crippen molar-refractivity contribution in [3.63, 3.8) is 0 Å². The average molecular weight is 330 g/mol. The van der Waals surface area contributed by atoms with Crippen LogP contribution in [0.25, 0.3) is 0 Å². The first-order chi connectivity index (χ1) is 8.49. The predicted octanol–water partition coefficient (Wildman–Crippen LogP) is 5.09. The van der Waals surface area contributed by atoms with Gasteiger partial charge in [-0.2, -0.15) is 0 Å². The van der Waals surface area contributed by atoms with Crippen LogP contribution in [0, 0.1) is 5.92 Å². The molecule has 1 rings (SSSR count). The monoisotopic (exact) mass is 329 g/mol. The van der Waals surface area contributed by atoms with Gasteiger partial charge in [0.2, 0.25) is 0 Å². The molecule has 0 radical (unpaired) electrons. The van der Waals surface area contributed by atoms with Gasteiger partial charge in [0.25, 0.3) is 0 Å². The van der Waals surface area contributed by atoms with Crippen LogP contribution in [0.5, 0.6) is 0 Å². The van der Waals surface area contributed by atoms with Crippen molar-refractivity contribution >= 4 is 27.7 Å². The van der Waals surface area contributed by atoms with Gasteiger partial charge in [-0.1, -0.05) is 49.7 Å². The van der Waals surface area contributed by atoms with E-state index >= 15 is 0 Å². The Hall–Kier alpha value is 0.01000. The van der Waals surface area contributed by atoms with E-state index in [0.29, 0.717) is 6.04 Å². The van der Waals surface area contributed by atoms with Crippen LogP contribution in [-0.4, -0.2) is 11.8 Å². The molecule has 1 N–H and O–H groups in total. The molecule has 1 aromatic rings. The van der Waals surface area contributed by atoms with Crippen molar-refractivity contribution in [1.29, 1.82) is 0 Å². The second kappa shape index (κ2) is 8.23. The van der Waals surface area contributed by atoms with Gasteiger partial charge < -0.3 is 5.32 Å². The maximum atomic E-state index is 3.66. The third kappa shape index (κ3) is 6.26. The number of rotatable bonds is 7. The Kier molecular flexibility index (Phi) is 7.35. The number of hydrogen-bond acceptors (Lipinski definition) is 2. The normalized spacial score (nSPS) is 11.5. The van der Waals surface area contributed by atoms with E-state index in [1.807, 2.05) is 11.8 Å². The Labute approximate surface area is 124 Å². The van der Waals surface area contributed by atoms with E-state index in [1.54, 1.807) is 0 Å². The van der Waals surface area contributed by atoms with Crippen LogP contribution < -0.4 is 5.32 Å². The van der Waals surface area contributed by atoms with Crippen LogP contribution in [0.1, 0.15) is 39.7 Å². The van der Waals surface area contributed by atoms with Crippen molar-refractivity contribution in [3.8, 4) is 0 Å². The van der Waals surface area contributed by atoms with Crippen molar-refractivity contribution in [2.45, 2.75) is 51.6 Å². The number of benzene rings is 1. The molecule has 0 amide bonds. The molecule has 0 saturated heterocycles. The topological polar surface area (TPSA) is 12.0 Å². The first-order valence-electron chi connectivity index (χ1n) is 6.63. The lowest BCUT2D eigenvalue weighted by molar-refractivity contribution is 0.587. The van der Waals surface area contributed by atoms with Crippen molar-refractivity contribution in [2.75, 3.05) is 5.75 Å². The molecule has 0 aliphatic rings. The van der Waals surface area contributed by atoms with Crippen LogP contribution >= 0.6 is 27.7 Å². The Morgan fingerprint density at radius 1 is 1.22 bits per heavy atom. The quantitative estimate of drug-likeness (QED) is 0.699. The van der Waals surface area contributed by atoms with E-state index in [1.165, 1.54) is 27.1 Å². The molecule has 1 aromatic carbocycles. The SMILES string of the molecule is CC(C)CCSc1ccc(CNC(C)C)c(Br)c1. The van der Waals surface area contributed by atoms with Crippen LogP contribution in [0.3, 0.4) is 0 Å². The molecule has 0 bridgehead atoms. The predicted molar refractivity (Wildman–Crippen MR) is 86.3 cm³/mol. The summed E-state index contributed by atoms with van der Waals surface area (Å²) in [6, 6.07) is 7.21. The minimum Gasteiger partial charge on any atom is -0.310 e. The van der Waals surface area contributed by atoms with Crippen molar-refractivity contribution < 1.29 is 0 Å². The molecule has 0 heterocycles. The molecule has 3 heteroatoms. The number of halogens is 1. The number of hydrogen-bond donors (Lipinski definition) is 1. The van der Waals surface area contributed by atoms with Crippen LogP contribution in [-0.2, 0) is 6.54 Å². The van der Waals surface area contributed by atoms with Gasteiger partial charge in [-0.15, -0.1) is 11.8 Å². The first kappa shape index (κ1) is 16.1. The molecule has 0 aliphatic heterocycles. The van der Waals surface area contributed by atoms with E-state index in [2.05, 4.69) is 67.1 Å². The third-order valence-corrected chi connectivity index (χ3v) is 4.45. The smallest absolute Gasteiger partial charge is 0.0231 e. The summed E-state index contributed by atoms with van der Waals surface area (Å²) in [7, 11) is 0. The molecule has 0 saturated carbocycles. The van der Waals surface area contributed by atoms with Crippen molar-refractivity contribution in [2.24, 2.45) is 5.92 Å². The van der Waals surface area contributed by atoms with Gasteiger partial charge in [0, 0.05) is 22.0 Å². The van der Waals surface area contributed by atoms with E-state index in [0.717, 1.165) is 12.5 Å². The highest BCUT2D eigenvalue weighted by molar-refractivity contribution is 9.10. The summed E-state index contributed by atoms with van der Waals surface area (Å²) in [4.78, 5) is 1.36. The molecular formula is C15H24BrNS. The number of thioether (sulfide) groups is 1. The zero-order valence-corrected chi connectivity index (χ0v) is 14.2. The zero-order chi connectivity index (χ0) is 13.5. The molecular weight excluding hydrogens is 306 g/mol. The lowest BCUT2D eigenvalue weighted by Crippen LogP contribution is -2.21. The molecule has 18 heavy (non-hydrogen) atoms.